The SMILES string of the molecule is O=C(C1CSCN1)N1CCC(N2CCOCC2)C1. The Hall–Kier alpha value is -0.300. The molecule has 1 amide bonds. The van der Waals surface area contributed by atoms with Gasteiger partial charge in [0.05, 0.1) is 19.3 Å². The number of carbonyl (C=O) groups is 1. The molecule has 0 saturated carbocycles. The number of hydrogen-bond acceptors (Lipinski definition) is 5. The third-order valence-corrected chi connectivity index (χ3v) is 4.99. The zero-order chi connectivity index (χ0) is 12.4. The summed E-state index contributed by atoms with van der Waals surface area (Å²) in [6.45, 7) is 5.54. The van der Waals surface area contributed by atoms with Gasteiger partial charge in [0.1, 0.15) is 0 Å². The number of hydrogen-bond donors (Lipinski definition) is 1. The van der Waals surface area contributed by atoms with E-state index in [1.165, 1.54) is 0 Å². The van der Waals surface area contributed by atoms with Crippen LogP contribution in [-0.2, 0) is 9.53 Å². The normalized spacial score (nSPS) is 34.1. The lowest BCUT2D eigenvalue weighted by molar-refractivity contribution is -0.131. The molecule has 3 rings (SSSR count). The number of thioether (sulfide) groups is 1. The van der Waals surface area contributed by atoms with Gasteiger partial charge in [0.25, 0.3) is 0 Å². The zero-order valence-corrected chi connectivity index (χ0v) is 11.5. The molecule has 1 N–H and O–H groups in total. The third-order valence-electron chi connectivity index (χ3n) is 4.05. The maximum atomic E-state index is 12.3. The lowest BCUT2D eigenvalue weighted by Crippen LogP contribution is -2.47. The summed E-state index contributed by atoms with van der Waals surface area (Å²) < 4.78 is 5.38. The van der Waals surface area contributed by atoms with Gasteiger partial charge in [0.2, 0.25) is 5.91 Å². The molecule has 0 aromatic heterocycles. The molecule has 3 aliphatic rings. The van der Waals surface area contributed by atoms with Crippen molar-refractivity contribution < 1.29 is 9.53 Å². The minimum atomic E-state index is 0.0541. The molecule has 3 saturated heterocycles. The summed E-state index contributed by atoms with van der Waals surface area (Å²) in [6.07, 6.45) is 1.12. The fourth-order valence-electron chi connectivity index (χ4n) is 2.96. The Morgan fingerprint density at radius 2 is 2.11 bits per heavy atom. The standard InChI is InChI=1S/C12H21N3O2S/c16-12(11-8-18-9-13-11)15-2-1-10(7-15)14-3-5-17-6-4-14/h10-11,13H,1-9H2. The monoisotopic (exact) mass is 271 g/mol. The van der Waals surface area contributed by atoms with Crippen molar-refractivity contribution in [1.82, 2.24) is 15.1 Å². The van der Waals surface area contributed by atoms with Crippen molar-refractivity contribution in [2.75, 3.05) is 51.0 Å². The van der Waals surface area contributed by atoms with Crippen molar-refractivity contribution in [2.24, 2.45) is 0 Å². The first-order valence-electron chi connectivity index (χ1n) is 6.76. The van der Waals surface area contributed by atoms with Crippen molar-refractivity contribution in [2.45, 2.75) is 18.5 Å². The molecule has 0 aromatic rings. The molecule has 0 radical (unpaired) electrons. The smallest absolute Gasteiger partial charge is 0.240 e. The van der Waals surface area contributed by atoms with Crippen molar-refractivity contribution in [3.05, 3.63) is 0 Å². The maximum Gasteiger partial charge on any atom is 0.240 e. The second-order valence-electron chi connectivity index (χ2n) is 5.15. The number of carbonyl (C=O) groups excluding carboxylic acids is 1. The van der Waals surface area contributed by atoms with Crippen LogP contribution in [0.5, 0.6) is 0 Å². The first kappa shape index (κ1) is 12.7. The van der Waals surface area contributed by atoms with E-state index in [9.17, 15) is 4.79 Å². The number of rotatable bonds is 2. The lowest BCUT2D eigenvalue weighted by atomic mass is 10.2. The predicted molar refractivity (Wildman–Crippen MR) is 71.6 cm³/mol. The van der Waals surface area contributed by atoms with E-state index in [1.807, 2.05) is 16.7 Å². The van der Waals surface area contributed by atoms with Crippen LogP contribution in [0.25, 0.3) is 0 Å². The molecule has 6 heteroatoms. The molecule has 2 unspecified atom stereocenters. The molecular formula is C12H21N3O2S. The highest BCUT2D eigenvalue weighted by molar-refractivity contribution is 7.99. The molecule has 0 aliphatic carbocycles. The molecule has 0 aromatic carbocycles. The average Bonchev–Trinajstić information content (AvgIpc) is 3.10. The Morgan fingerprint density at radius 3 is 2.83 bits per heavy atom. The highest BCUT2D eigenvalue weighted by Crippen LogP contribution is 2.20. The third kappa shape index (κ3) is 2.66. The highest BCUT2D eigenvalue weighted by Gasteiger charge is 2.34. The van der Waals surface area contributed by atoms with E-state index in [0.29, 0.717) is 11.9 Å². The van der Waals surface area contributed by atoms with Crippen LogP contribution in [0.15, 0.2) is 0 Å². The van der Waals surface area contributed by atoms with E-state index >= 15 is 0 Å². The molecule has 5 nitrogen and oxygen atoms in total. The first-order chi connectivity index (χ1) is 8.84. The Morgan fingerprint density at radius 1 is 1.28 bits per heavy atom. The Labute approximate surface area is 112 Å². The van der Waals surface area contributed by atoms with E-state index in [4.69, 9.17) is 4.74 Å². The summed E-state index contributed by atoms with van der Waals surface area (Å²) >= 11 is 1.81. The van der Waals surface area contributed by atoms with E-state index < -0.39 is 0 Å². The molecule has 3 heterocycles. The van der Waals surface area contributed by atoms with Gasteiger partial charge in [-0.05, 0) is 6.42 Å². The molecule has 2 atom stereocenters. The van der Waals surface area contributed by atoms with Crippen LogP contribution in [0.4, 0.5) is 0 Å². The predicted octanol–water partition coefficient (Wildman–Crippen LogP) is -0.418. The summed E-state index contributed by atoms with van der Waals surface area (Å²) in [7, 11) is 0. The lowest BCUT2D eigenvalue weighted by Gasteiger charge is -2.32. The van der Waals surface area contributed by atoms with Gasteiger partial charge in [-0.1, -0.05) is 0 Å². The topological polar surface area (TPSA) is 44.8 Å². The van der Waals surface area contributed by atoms with Gasteiger partial charge in [0.15, 0.2) is 0 Å². The van der Waals surface area contributed by atoms with Crippen molar-refractivity contribution in [3.8, 4) is 0 Å². The van der Waals surface area contributed by atoms with Gasteiger partial charge in [-0.15, -0.1) is 11.8 Å². The summed E-state index contributed by atoms with van der Waals surface area (Å²) in [5, 5.41) is 3.27. The van der Waals surface area contributed by atoms with Gasteiger partial charge in [0, 0.05) is 43.9 Å². The molecule has 0 bridgehead atoms. The van der Waals surface area contributed by atoms with Crippen LogP contribution < -0.4 is 5.32 Å². The summed E-state index contributed by atoms with van der Waals surface area (Å²) in [5.74, 6) is 2.14. The molecular weight excluding hydrogens is 250 g/mol. The molecule has 102 valence electrons. The van der Waals surface area contributed by atoms with Gasteiger partial charge >= 0.3 is 0 Å². The van der Waals surface area contributed by atoms with Crippen LogP contribution in [0.3, 0.4) is 0 Å². The van der Waals surface area contributed by atoms with Crippen LogP contribution in [-0.4, -0.2) is 78.8 Å². The van der Waals surface area contributed by atoms with Gasteiger partial charge in [-0.3, -0.25) is 15.0 Å². The Bertz CT molecular complexity index is 304. The quantitative estimate of drug-likeness (QED) is 0.739. The molecule has 0 spiro atoms. The number of morpholine rings is 1. The minimum Gasteiger partial charge on any atom is -0.379 e. The molecule has 3 fully saturated rings. The fourth-order valence-corrected chi connectivity index (χ4v) is 3.89. The van der Waals surface area contributed by atoms with E-state index in [0.717, 1.165) is 57.4 Å². The minimum absolute atomic E-state index is 0.0541. The summed E-state index contributed by atoms with van der Waals surface area (Å²) in [4.78, 5) is 16.8. The van der Waals surface area contributed by atoms with Gasteiger partial charge in [-0.25, -0.2) is 0 Å². The summed E-state index contributed by atoms with van der Waals surface area (Å²) in [6, 6.07) is 0.602. The number of likely N-dealkylation sites (tertiary alicyclic amines) is 1. The van der Waals surface area contributed by atoms with Crippen LogP contribution in [0, 0.1) is 0 Å². The highest BCUT2D eigenvalue weighted by atomic mass is 32.2. The van der Waals surface area contributed by atoms with E-state index in [-0.39, 0.29) is 6.04 Å². The number of ether oxygens (including phenoxy) is 1. The van der Waals surface area contributed by atoms with E-state index in [1.54, 1.807) is 0 Å². The number of nitrogens with zero attached hydrogens (tertiary/aromatic N) is 2. The van der Waals surface area contributed by atoms with Crippen LogP contribution in [0.2, 0.25) is 0 Å². The first-order valence-corrected chi connectivity index (χ1v) is 7.92. The second-order valence-corrected chi connectivity index (χ2v) is 6.18. The number of nitrogens with one attached hydrogen (secondary N) is 1. The Kier molecular flexibility index (Phi) is 4.08. The fraction of sp³-hybridized carbons (Fsp3) is 0.917. The molecule has 3 aliphatic heterocycles. The summed E-state index contributed by atoms with van der Waals surface area (Å²) in [5.41, 5.74) is 0. The van der Waals surface area contributed by atoms with Crippen molar-refractivity contribution in [1.29, 1.82) is 0 Å². The zero-order valence-electron chi connectivity index (χ0n) is 10.6. The molecule has 18 heavy (non-hydrogen) atoms. The number of amides is 1. The van der Waals surface area contributed by atoms with Crippen LogP contribution in [0.1, 0.15) is 6.42 Å². The van der Waals surface area contributed by atoms with Gasteiger partial charge < -0.3 is 9.64 Å². The second kappa shape index (κ2) is 5.77. The van der Waals surface area contributed by atoms with Gasteiger partial charge in [-0.2, -0.15) is 0 Å². The van der Waals surface area contributed by atoms with Crippen LogP contribution >= 0.6 is 11.8 Å². The average molecular weight is 271 g/mol. The van der Waals surface area contributed by atoms with Crippen molar-refractivity contribution >= 4 is 17.7 Å². The largest absolute Gasteiger partial charge is 0.379 e. The van der Waals surface area contributed by atoms with Crippen molar-refractivity contribution in [3.63, 3.8) is 0 Å². The maximum absolute atomic E-state index is 12.3. The van der Waals surface area contributed by atoms with E-state index in [2.05, 4.69) is 10.2 Å². The Balaban J connectivity index is 1.52.